The van der Waals surface area contributed by atoms with Crippen molar-refractivity contribution in [3.8, 4) is 0 Å². The van der Waals surface area contributed by atoms with Crippen molar-refractivity contribution in [3.63, 3.8) is 0 Å². The Labute approximate surface area is 146 Å². The number of hydrogen-bond donors (Lipinski definition) is 1. The van der Waals surface area contributed by atoms with Crippen molar-refractivity contribution < 1.29 is 14.3 Å². The zero-order valence-electron chi connectivity index (χ0n) is 14.7. The Morgan fingerprint density at radius 3 is 2.68 bits per heavy atom. The second-order valence-electron chi connectivity index (χ2n) is 7.40. The van der Waals surface area contributed by atoms with E-state index >= 15 is 0 Å². The van der Waals surface area contributed by atoms with Gasteiger partial charge >= 0.3 is 5.97 Å². The molecular formula is C19H22FN3O2. The largest absolute Gasteiger partial charge is 0.480 e. The van der Waals surface area contributed by atoms with Crippen molar-refractivity contribution in [1.29, 1.82) is 0 Å². The molecule has 0 saturated heterocycles. The van der Waals surface area contributed by atoms with Crippen molar-refractivity contribution in [1.82, 2.24) is 14.9 Å². The summed E-state index contributed by atoms with van der Waals surface area (Å²) in [5.74, 6) is -0.774. The topological polar surface area (TPSA) is 66.3 Å². The second-order valence-corrected chi connectivity index (χ2v) is 7.40. The molecule has 0 spiro atoms. The molecule has 0 fully saturated rings. The first-order valence-electron chi connectivity index (χ1n) is 8.34. The highest BCUT2D eigenvalue weighted by atomic mass is 19.1. The smallest absolute Gasteiger partial charge is 0.325 e. The van der Waals surface area contributed by atoms with Gasteiger partial charge in [-0.2, -0.15) is 0 Å². The van der Waals surface area contributed by atoms with Gasteiger partial charge in [0.25, 0.3) is 0 Å². The number of carboxylic acids is 1. The summed E-state index contributed by atoms with van der Waals surface area (Å²) in [5, 5.41) is 9.66. The predicted octanol–water partition coefficient (Wildman–Crippen LogP) is 3.10. The molecule has 1 aliphatic heterocycles. The molecule has 1 aromatic carbocycles. The van der Waals surface area contributed by atoms with Crippen LogP contribution in [-0.2, 0) is 23.2 Å². The number of aliphatic carboxylic acids is 1. The summed E-state index contributed by atoms with van der Waals surface area (Å²) < 4.78 is 14.1. The summed E-state index contributed by atoms with van der Waals surface area (Å²) >= 11 is 0. The monoisotopic (exact) mass is 343 g/mol. The van der Waals surface area contributed by atoms with Gasteiger partial charge in [0.2, 0.25) is 0 Å². The number of hydrogen-bond acceptors (Lipinski definition) is 4. The van der Waals surface area contributed by atoms with E-state index in [1.807, 2.05) is 0 Å². The minimum Gasteiger partial charge on any atom is -0.480 e. The van der Waals surface area contributed by atoms with Gasteiger partial charge in [0.1, 0.15) is 17.7 Å². The standard InChI is InChI=1S/C19H22FN3O2/c1-19(2,3)18-21-10-12-11-23(9-8-15(12)22-18)16(17(24)25)13-6-4-5-7-14(13)20/h4-7,10,16H,8-9,11H2,1-3H3,(H,24,25). The Morgan fingerprint density at radius 2 is 2.04 bits per heavy atom. The molecule has 1 aliphatic rings. The zero-order valence-corrected chi connectivity index (χ0v) is 14.7. The summed E-state index contributed by atoms with van der Waals surface area (Å²) in [6.45, 7) is 7.08. The van der Waals surface area contributed by atoms with Crippen LogP contribution in [0.3, 0.4) is 0 Å². The Bertz CT molecular complexity index is 801. The van der Waals surface area contributed by atoms with Gasteiger partial charge in [-0.3, -0.25) is 9.69 Å². The van der Waals surface area contributed by atoms with Crippen LogP contribution in [0.15, 0.2) is 30.5 Å². The van der Waals surface area contributed by atoms with E-state index in [9.17, 15) is 14.3 Å². The summed E-state index contributed by atoms with van der Waals surface area (Å²) in [4.78, 5) is 22.7. The maximum absolute atomic E-state index is 14.1. The summed E-state index contributed by atoms with van der Waals surface area (Å²) in [6.07, 6.45) is 2.40. The lowest BCUT2D eigenvalue weighted by Crippen LogP contribution is -2.39. The molecule has 2 heterocycles. The molecule has 0 radical (unpaired) electrons. The zero-order chi connectivity index (χ0) is 18.2. The Hall–Kier alpha value is -2.34. The number of halogens is 1. The van der Waals surface area contributed by atoms with E-state index in [4.69, 9.17) is 0 Å². The third-order valence-corrected chi connectivity index (χ3v) is 4.43. The van der Waals surface area contributed by atoms with Crippen LogP contribution in [0.2, 0.25) is 0 Å². The molecule has 3 rings (SSSR count). The van der Waals surface area contributed by atoms with Crippen molar-refractivity contribution in [2.24, 2.45) is 0 Å². The lowest BCUT2D eigenvalue weighted by Gasteiger charge is -2.33. The molecule has 0 bridgehead atoms. The summed E-state index contributed by atoms with van der Waals surface area (Å²) in [5.41, 5.74) is 1.91. The molecule has 1 atom stereocenters. The van der Waals surface area contributed by atoms with Gasteiger partial charge in [-0.15, -0.1) is 0 Å². The number of carboxylic acid groups (broad SMARTS) is 1. The fourth-order valence-corrected chi connectivity index (χ4v) is 3.10. The van der Waals surface area contributed by atoms with Crippen LogP contribution in [0.4, 0.5) is 4.39 Å². The average molecular weight is 343 g/mol. The fraction of sp³-hybridized carbons (Fsp3) is 0.421. The van der Waals surface area contributed by atoms with Gasteiger partial charge < -0.3 is 5.11 Å². The maximum Gasteiger partial charge on any atom is 0.325 e. The Kier molecular flexibility index (Phi) is 4.56. The molecule has 0 saturated carbocycles. The first-order valence-corrected chi connectivity index (χ1v) is 8.34. The quantitative estimate of drug-likeness (QED) is 0.928. The first-order chi connectivity index (χ1) is 11.8. The molecule has 2 aromatic rings. The van der Waals surface area contributed by atoms with Gasteiger partial charge in [0.05, 0.1) is 0 Å². The molecule has 0 aliphatic carbocycles. The van der Waals surface area contributed by atoms with Crippen LogP contribution in [0.1, 0.15) is 49.5 Å². The van der Waals surface area contributed by atoms with E-state index in [1.165, 1.54) is 12.1 Å². The van der Waals surface area contributed by atoms with Crippen molar-refractivity contribution in [2.75, 3.05) is 6.54 Å². The number of aromatic nitrogens is 2. The van der Waals surface area contributed by atoms with Crippen LogP contribution in [0.25, 0.3) is 0 Å². The van der Waals surface area contributed by atoms with Crippen LogP contribution in [0, 0.1) is 5.82 Å². The number of carbonyl (C=O) groups is 1. The number of rotatable bonds is 3. The lowest BCUT2D eigenvalue weighted by molar-refractivity contribution is -0.144. The highest BCUT2D eigenvalue weighted by Crippen LogP contribution is 2.29. The maximum atomic E-state index is 14.1. The third-order valence-electron chi connectivity index (χ3n) is 4.43. The van der Waals surface area contributed by atoms with E-state index in [2.05, 4.69) is 30.7 Å². The molecule has 1 unspecified atom stereocenters. The van der Waals surface area contributed by atoms with Crippen molar-refractivity contribution in [2.45, 2.75) is 45.2 Å². The minimum atomic E-state index is -1.05. The molecule has 0 amide bonds. The molecule has 1 aromatic heterocycles. The molecule has 132 valence electrons. The molecular weight excluding hydrogens is 321 g/mol. The molecule has 1 N–H and O–H groups in total. The van der Waals surface area contributed by atoms with E-state index in [1.54, 1.807) is 23.2 Å². The van der Waals surface area contributed by atoms with E-state index in [0.29, 0.717) is 19.5 Å². The molecule has 6 heteroatoms. The Balaban J connectivity index is 1.91. The van der Waals surface area contributed by atoms with Crippen LogP contribution >= 0.6 is 0 Å². The van der Waals surface area contributed by atoms with Gasteiger partial charge in [-0.25, -0.2) is 14.4 Å². The van der Waals surface area contributed by atoms with Crippen LogP contribution < -0.4 is 0 Å². The van der Waals surface area contributed by atoms with E-state index < -0.39 is 17.8 Å². The fourth-order valence-electron chi connectivity index (χ4n) is 3.10. The van der Waals surface area contributed by atoms with Crippen molar-refractivity contribution in [3.05, 3.63) is 58.9 Å². The SMILES string of the molecule is CC(C)(C)c1ncc2c(n1)CCN(C(C(=O)O)c1ccccc1F)C2. The summed E-state index contributed by atoms with van der Waals surface area (Å²) in [6, 6.07) is 5.03. The molecule has 25 heavy (non-hydrogen) atoms. The normalized spacial score (nSPS) is 16.3. The van der Waals surface area contributed by atoms with Gasteiger partial charge in [-0.1, -0.05) is 39.0 Å². The van der Waals surface area contributed by atoms with Gasteiger partial charge in [0, 0.05) is 47.9 Å². The van der Waals surface area contributed by atoms with Gasteiger partial charge in [-0.05, 0) is 6.07 Å². The number of nitrogens with zero attached hydrogens (tertiary/aromatic N) is 3. The first kappa shape index (κ1) is 17.5. The number of benzene rings is 1. The van der Waals surface area contributed by atoms with Crippen molar-refractivity contribution >= 4 is 5.97 Å². The van der Waals surface area contributed by atoms with E-state index in [0.717, 1.165) is 17.1 Å². The third kappa shape index (κ3) is 3.54. The predicted molar refractivity (Wildman–Crippen MR) is 91.6 cm³/mol. The average Bonchev–Trinajstić information content (AvgIpc) is 2.55. The molecule has 5 nitrogen and oxygen atoms in total. The van der Waals surface area contributed by atoms with Gasteiger partial charge in [0.15, 0.2) is 0 Å². The van der Waals surface area contributed by atoms with Crippen LogP contribution in [-0.4, -0.2) is 32.5 Å². The second kappa shape index (κ2) is 6.52. The minimum absolute atomic E-state index is 0.136. The lowest BCUT2D eigenvalue weighted by atomic mass is 9.94. The highest BCUT2D eigenvalue weighted by Gasteiger charge is 2.33. The van der Waals surface area contributed by atoms with E-state index in [-0.39, 0.29) is 11.0 Å². The van der Waals surface area contributed by atoms with Crippen LogP contribution in [0.5, 0.6) is 0 Å². The Morgan fingerprint density at radius 1 is 1.32 bits per heavy atom. The number of fused-ring (bicyclic) bond motifs is 1. The summed E-state index contributed by atoms with van der Waals surface area (Å²) in [7, 11) is 0. The highest BCUT2D eigenvalue weighted by molar-refractivity contribution is 5.75.